The van der Waals surface area contributed by atoms with Crippen LogP contribution in [0.4, 0.5) is 0 Å². The molecule has 1 aliphatic heterocycles. The first-order chi connectivity index (χ1) is 30.7. The van der Waals surface area contributed by atoms with E-state index in [1.54, 1.807) is 6.08 Å². The van der Waals surface area contributed by atoms with Gasteiger partial charge in [0, 0.05) is 6.42 Å². The third-order valence-electron chi connectivity index (χ3n) is 11.3. The molecule has 1 heterocycles. The van der Waals surface area contributed by atoms with E-state index in [2.05, 4.69) is 32.2 Å². The zero-order valence-corrected chi connectivity index (χ0v) is 39.4. The van der Waals surface area contributed by atoms with E-state index >= 15 is 0 Å². The lowest BCUT2D eigenvalue weighted by Crippen LogP contribution is -2.61. The van der Waals surface area contributed by atoms with Gasteiger partial charge in [-0.3, -0.25) is 9.59 Å². The molecule has 11 heteroatoms. The fourth-order valence-electron chi connectivity index (χ4n) is 7.27. The predicted octanol–water partition coefficient (Wildman–Crippen LogP) is 9.71. The van der Waals surface area contributed by atoms with E-state index in [1.165, 1.54) is 83.5 Å². The predicted molar refractivity (Wildman–Crippen MR) is 255 cm³/mol. The molecule has 362 valence electrons. The molecule has 0 aromatic heterocycles. The summed E-state index contributed by atoms with van der Waals surface area (Å²) in [5.74, 6) is -1.28. The summed E-state index contributed by atoms with van der Waals surface area (Å²) in [5, 5.41) is 56.3. The molecule has 1 amide bonds. The van der Waals surface area contributed by atoms with E-state index in [-0.39, 0.29) is 19.4 Å². The van der Waals surface area contributed by atoms with E-state index in [0.29, 0.717) is 12.8 Å². The number of hydrogen-bond acceptors (Lipinski definition) is 10. The fourth-order valence-corrected chi connectivity index (χ4v) is 7.27. The van der Waals surface area contributed by atoms with Crippen molar-refractivity contribution in [3.05, 3.63) is 72.9 Å². The average molecular weight is 888 g/mol. The van der Waals surface area contributed by atoms with Crippen LogP contribution in [-0.4, -0.2) is 99.6 Å². The highest BCUT2D eigenvalue weighted by Gasteiger charge is 2.47. The van der Waals surface area contributed by atoms with E-state index in [4.69, 9.17) is 14.2 Å². The number of aliphatic hydroxyl groups excluding tert-OH is 5. The lowest BCUT2D eigenvalue weighted by atomic mass is 9.99. The normalized spacial score (nSPS) is 21.2. The summed E-state index contributed by atoms with van der Waals surface area (Å²) in [5.41, 5.74) is 0. The number of hydrogen-bond donors (Lipinski definition) is 6. The van der Waals surface area contributed by atoms with Gasteiger partial charge in [-0.05, 0) is 38.5 Å². The highest BCUT2D eigenvalue weighted by atomic mass is 16.7. The van der Waals surface area contributed by atoms with E-state index in [1.807, 2.05) is 60.8 Å². The van der Waals surface area contributed by atoms with E-state index in [0.717, 1.165) is 51.4 Å². The van der Waals surface area contributed by atoms with Crippen molar-refractivity contribution in [2.75, 3.05) is 13.2 Å². The van der Waals surface area contributed by atoms with Crippen LogP contribution >= 0.6 is 0 Å². The Balaban J connectivity index is 2.87. The second-order valence-corrected chi connectivity index (χ2v) is 16.9. The number of esters is 1. The number of rotatable bonds is 39. The van der Waals surface area contributed by atoms with Gasteiger partial charge in [0.25, 0.3) is 0 Å². The summed E-state index contributed by atoms with van der Waals surface area (Å²) < 4.78 is 17.4. The maximum Gasteiger partial charge on any atom is 0.306 e. The summed E-state index contributed by atoms with van der Waals surface area (Å²) in [6, 6.07) is -1.06. The van der Waals surface area contributed by atoms with Crippen molar-refractivity contribution in [3.8, 4) is 0 Å². The Morgan fingerprint density at radius 1 is 0.635 bits per heavy atom. The summed E-state index contributed by atoms with van der Waals surface area (Å²) in [6.07, 6.45) is 38.4. The lowest BCUT2D eigenvalue weighted by Gasteiger charge is -2.41. The average Bonchev–Trinajstić information content (AvgIpc) is 3.28. The lowest BCUT2D eigenvalue weighted by molar-refractivity contribution is -0.305. The summed E-state index contributed by atoms with van der Waals surface area (Å²) in [6.45, 7) is 5.52. The molecule has 6 N–H and O–H groups in total. The largest absolute Gasteiger partial charge is 0.454 e. The van der Waals surface area contributed by atoms with E-state index in [9.17, 15) is 35.1 Å². The molecule has 0 aromatic rings. The molecule has 0 bridgehead atoms. The van der Waals surface area contributed by atoms with Gasteiger partial charge >= 0.3 is 5.97 Å². The molecular weight excluding hydrogens is 799 g/mol. The molecular formula is C52H89NO10. The Morgan fingerprint density at radius 2 is 1.14 bits per heavy atom. The summed E-state index contributed by atoms with van der Waals surface area (Å²) >= 11 is 0. The Bertz CT molecular complexity index is 1300. The molecule has 1 fully saturated rings. The van der Waals surface area contributed by atoms with Crippen LogP contribution in [0.3, 0.4) is 0 Å². The zero-order valence-electron chi connectivity index (χ0n) is 39.4. The molecule has 11 nitrogen and oxygen atoms in total. The van der Waals surface area contributed by atoms with Gasteiger partial charge in [-0.25, -0.2) is 0 Å². The van der Waals surface area contributed by atoms with Gasteiger partial charge in [0.2, 0.25) is 5.91 Å². The zero-order chi connectivity index (χ0) is 46.2. The topological polar surface area (TPSA) is 175 Å². The number of nitrogens with one attached hydrogen (secondary N) is 1. The van der Waals surface area contributed by atoms with Crippen LogP contribution in [0.2, 0.25) is 0 Å². The Hall–Kier alpha value is -2.90. The van der Waals surface area contributed by atoms with Gasteiger partial charge < -0.3 is 45.1 Å². The molecule has 0 radical (unpaired) electrons. The number of carbonyl (C=O) groups excluding carboxylic acids is 2. The Labute approximate surface area is 381 Å². The van der Waals surface area contributed by atoms with Crippen molar-refractivity contribution in [2.45, 2.75) is 230 Å². The minimum atomic E-state index is -1.62. The molecule has 0 aromatic carbocycles. The van der Waals surface area contributed by atoms with E-state index < -0.39 is 67.4 Å². The maximum atomic E-state index is 13.2. The number of allylic oxidation sites excluding steroid dienone is 11. The minimum absolute atomic E-state index is 0.114. The van der Waals surface area contributed by atoms with Gasteiger partial charge in [-0.1, -0.05) is 209 Å². The number of carbonyl (C=O) groups is 2. The van der Waals surface area contributed by atoms with Gasteiger partial charge in [0.05, 0.1) is 25.4 Å². The molecule has 1 aliphatic rings. The molecule has 0 spiro atoms. The highest BCUT2D eigenvalue weighted by molar-refractivity contribution is 5.80. The molecule has 0 saturated carbocycles. The smallest absolute Gasteiger partial charge is 0.306 e. The first kappa shape index (κ1) is 58.1. The standard InChI is InChI=1S/C52H89NO10/c1-4-7-10-13-16-19-22-25-27-30-33-36-39-45(56)51(60)53-43(44(55)38-35-32-29-26-23-20-17-14-11-8-5-2)42-61-52-50(49(59)48(58)46(41-54)62-52)63-47(57)40-37-34-31-28-24-21-18-15-12-9-6-3/h7,10,13,16,19,22,25,27,30,33,35,38,43-46,48-50,52,54-56,58-59H,4-6,8-9,11-12,14-15,17-18,20-21,23-24,26,28-29,31-32,34,36-37,39-42H2,1-3H3,(H,53,60)/b10-7+,16-13+,22-19-,27-25-,33-30+,38-35+. The molecule has 1 saturated heterocycles. The molecule has 1 rings (SSSR count). The van der Waals surface area contributed by atoms with Crippen LogP contribution in [0.1, 0.15) is 181 Å². The molecule has 63 heavy (non-hydrogen) atoms. The minimum Gasteiger partial charge on any atom is -0.454 e. The van der Waals surface area contributed by atoms with Crippen LogP contribution in [0.15, 0.2) is 72.9 Å². The Morgan fingerprint density at radius 3 is 1.68 bits per heavy atom. The summed E-state index contributed by atoms with van der Waals surface area (Å²) in [7, 11) is 0. The van der Waals surface area contributed by atoms with Crippen molar-refractivity contribution in [3.63, 3.8) is 0 Å². The third kappa shape index (κ3) is 30.0. The maximum absolute atomic E-state index is 13.2. The fraction of sp³-hybridized carbons (Fsp3) is 0.731. The van der Waals surface area contributed by atoms with Crippen LogP contribution in [-0.2, 0) is 23.8 Å². The molecule has 0 aliphatic carbocycles. The van der Waals surface area contributed by atoms with Crippen LogP contribution < -0.4 is 5.32 Å². The first-order valence-electron chi connectivity index (χ1n) is 24.8. The van der Waals surface area contributed by atoms with Gasteiger partial charge in [0.1, 0.15) is 24.4 Å². The van der Waals surface area contributed by atoms with Gasteiger partial charge in [-0.15, -0.1) is 0 Å². The van der Waals surface area contributed by atoms with Crippen molar-refractivity contribution in [1.29, 1.82) is 0 Å². The number of ether oxygens (including phenoxy) is 3. The highest BCUT2D eigenvalue weighted by Crippen LogP contribution is 2.26. The van der Waals surface area contributed by atoms with Gasteiger partial charge in [-0.2, -0.15) is 0 Å². The number of aliphatic hydroxyl groups is 5. The molecule has 8 unspecified atom stereocenters. The number of unbranched alkanes of at least 4 members (excludes halogenated alkanes) is 19. The van der Waals surface area contributed by atoms with Crippen LogP contribution in [0.5, 0.6) is 0 Å². The molecule has 8 atom stereocenters. The summed E-state index contributed by atoms with van der Waals surface area (Å²) in [4.78, 5) is 26.2. The van der Waals surface area contributed by atoms with Crippen molar-refractivity contribution in [1.82, 2.24) is 5.32 Å². The van der Waals surface area contributed by atoms with Crippen molar-refractivity contribution in [2.24, 2.45) is 0 Å². The van der Waals surface area contributed by atoms with Crippen LogP contribution in [0, 0.1) is 0 Å². The van der Waals surface area contributed by atoms with Crippen molar-refractivity contribution >= 4 is 11.9 Å². The first-order valence-corrected chi connectivity index (χ1v) is 24.8. The van der Waals surface area contributed by atoms with Crippen LogP contribution in [0.25, 0.3) is 0 Å². The monoisotopic (exact) mass is 888 g/mol. The van der Waals surface area contributed by atoms with Gasteiger partial charge in [0.15, 0.2) is 12.4 Å². The second-order valence-electron chi connectivity index (χ2n) is 16.9. The SMILES string of the molecule is CC/C=C/C=C/C=C\C=C/C=C/CCC(O)C(=O)NC(COC1OC(CO)C(O)C(O)C1OC(=O)CCCCCCCCCCCCC)C(O)/C=C/CCCCCCCCCCC. The second kappa shape index (κ2) is 40.6. The van der Waals surface area contributed by atoms with Crippen molar-refractivity contribution < 1.29 is 49.3 Å². The Kier molecular flexibility index (Phi) is 37.5. The number of amides is 1. The third-order valence-corrected chi connectivity index (χ3v) is 11.3. The quantitative estimate of drug-likeness (QED) is 0.0151.